The lowest BCUT2D eigenvalue weighted by molar-refractivity contribution is -0.133. The average molecular weight is 417 g/mol. The Morgan fingerprint density at radius 2 is 1.86 bits per heavy atom. The van der Waals surface area contributed by atoms with Gasteiger partial charge in [0, 0.05) is 26.2 Å². The topological polar surface area (TPSA) is 67.8 Å². The van der Waals surface area contributed by atoms with Gasteiger partial charge in [-0.1, -0.05) is 29.5 Å². The summed E-state index contributed by atoms with van der Waals surface area (Å²) in [4.78, 5) is 17.6. The van der Waals surface area contributed by atoms with Crippen molar-refractivity contribution in [2.24, 2.45) is 0 Å². The predicted octanol–water partition coefficient (Wildman–Crippen LogP) is 3.00. The molecule has 7 nitrogen and oxygen atoms in total. The summed E-state index contributed by atoms with van der Waals surface area (Å²) >= 11 is 3.25. The van der Waals surface area contributed by atoms with Gasteiger partial charge in [-0.3, -0.25) is 4.79 Å². The summed E-state index contributed by atoms with van der Waals surface area (Å²) in [5.41, 5.74) is 0. The number of methoxy groups -OCH3 is 1. The molecule has 1 aliphatic heterocycles. The lowest BCUT2D eigenvalue weighted by atomic mass is 10.3. The average Bonchev–Trinajstić information content (AvgIpc) is 3.44. The van der Waals surface area contributed by atoms with Crippen LogP contribution in [0.3, 0.4) is 0 Å². The van der Waals surface area contributed by atoms with Gasteiger partial charge in [-0.05, 0) is 23.6 Å². The monoisotopic (exact) mass is 416 g/mol. The van der Waals surface area contributed by atoms with E-state index in [1.165, 1.54) is 0 Å². The summed E-state index contributed by atoms with van der Waals surface area (Å²) in [5.74, 6) is 1.17. The highest BCUT2D eigenvalue weighted by atomic mass is 32.1. The number of ether oxygens (including phenoxy) is 2. The molecule has 1 fully saturated rings. The largest absolute Gasteiger partial charge is 0.493 e. The van der Waals surface area contributed by atoms with Gasteiger partial charge in [-0.15, -0.1) is 21.5 Å². The Bertz CT molecular complexity index is 921. The van der Waals surface area contributed by atoms with Crippen LogP contribution < -0.4 is 14.4 Å². The highest BCUT2D eigenvalue weighted by Crippen LogP contribution is 2.32. The van der Waals surface area contributed by atoms with Gasteiger partial charge in [0.2, 0.25) is 5.13 Å². The minimum Gasteiger partial charge on any atom is -0.493 e. The van der Waals surface area contributed by atoms with Crippen LogP contribution in [0.15, 0.2) is 41.8 Å². The molecule has 3 aromatic rings. The number of benzene rings is 1. The van der Waals surface area contributed by atoms with Gasteiger partial charge in [0.15, 0.2) is 23.1 Å². The molecule has 1 saturated heterocycles. The number of amides is 1. The number of aromatic nitrogens is 2. The molecule has 0 saturated carbocycles. The summed E-state index contributed by atoms with van der Waals surface area (Å²) in [5, 5.41) is 12.5. The van der Waals surface area contributed by atoms with Crippen LogP contribution in [0.5, 0.6) is 11.5 Å². The van der Waals surface area contributed by atoms with Crippen molar-refractivity contribution >= 4 is 33.7 Å². The number of rotatable bonds is 6. The van der Waals surface area contributed by atoms with Gasteiger partial charge < -0.3 is 19.3 Å². The first kappa shape index (κ1) is 18.7. The molecule has 1 aromatic carbocycles. The van der Waals surface area contributed by atoms with Crippen molar-refractivity contribution in [1.82, 2.24) is 15.1 Å². The van der Waals surface area contributed by atoms with Gasteiger partial charge in [0.25, 0.3) is 5.91 Å². The minimum atomic E-state index is -0.0258. The summed E-state index contributed by atoms with van der Waals surface area (Å²) in [7, 11) is 1.58. The first-order valence-electron chi connectivity index (χ1n) is 8.90. The number of carbonyl (C=O) groups excluding carboxylic acids is 1. The molecule has 1 amide bonds. The zero-order chi connectivity index (χ0) is 19.3. The molecule has 4 rings (SSSR count). The quantitative estimate of drug-likeness (QED) is 0.615. The van der Waals surface area contributed by atoms with E-state index in [0.717, 1.165) is 28.1 Å². The van der Waals surface area contributed by atoms with Crippen molar-refractivity contribution in [3.63, 3.8) is 0 Å². The molecule has 0 unspecified atom stereocenters. The lowest BCUT2D eigenvalue weighted by Crippen LogP contribution is -2.50. The van der Waals surface area contributed by atoms with Crippen LogP contribution in [-0.2, 0) is 4.79 Å². The molecule has 9 heteroatoms. The molecular weight excluding hydrogens is 396 g/mol. The predicted molar refractivity (Wildman–Crippen MR) is 111 cm³/mol. The molecule has 1 aliphatic rings. The first-order valence-corrected chi connectivity index (χ1v) is 10.6. The highest BCUT2D eigenvalue weighted by Gasteiger charge is 2.24. The number of piperazine rings is 1. The molecule has 0 N–H and O–H groups in total. The second-order valence-electron chi connectivity index (χ2n) is 6.17. The van der Waals surface area contributed by atoms with E-state index in [1.807, 2.05) is 40.6 Å². The molecule has 0 atom stereocenters. The second-order valence-corrected chi connectivity index (χ2v) is 8.08. The number of para-hydroxylation sites is 2. The maximum absolute atomic E-state index is 12.5. The number of hydrogen-bond acceptors (Lipinski definition) is 8. The molecule has 0 spiro atoms. The van der Waals surface area contributed by atoms with E-state index in [0.29, 0.717) is 24.6 Å². The van der Waals surface area contributed by atoms with Crippen LogP contribution >= 0.6 is 22.7 Å². The maximum atomic E-state index is 12.5. The Hall–Kier alpha value is -2.65. The summed E-state index contributed by atoms with van der Waals surface area (Å²) in [6.45, 7) is 2.75. The van der Waals surface area contributed by atoms with E-state index in [-0.39, 0.29) is 12.5 Å². The number of carbonyl (C=O) groups is 1. The molecule has 3 heterocycles. The smallest absolute Gasteiger partial charge is 0.260 e. The van der Waals surface area contributed by atoms with Crippen LogP contribution in [0, 0.1) is 0 Å². The minimum absolute atomic E-state index is 0.00169. The van der Waals surface area contributed by atoms with E-state index in [4.69, 9.17) is 9.47 Å². The Morgan fingerprint density at radius 1 is 1.07 bits per heavy atom. The van der Waals surface area contributed by atoms with E-state index in [9.17, 15) is 4.79 Å². The van der Waals surface area contributed by atoms with Crippen molar-refractivity contribution in [3.05, 3.63) is 41.8 Å². The van der Waals surface area contributed by atoms with Crippen molar-refractivity contribution in [2.75, 3.05) is 44.8 Å². The summed E-state index contributed by atoms with van der Waals surface area (Å²) in [6, 6.07) is 11.4. The maximum Gasteiger partial charge on any atom is 0.260 e. The molecule has 0 aliphatic carbocycles. The van der Waals surface area contributed by atoms with Crippen LogP contribution in [0.4, 0.5) is 5.13 Å². The first-order chi connectivity index (χ1) is 13.7. The van der Waals surface area contributed by atoms with Crippen LogP contribution in [0.2, 0.25) is 0 Å². The Labute approximate surface area is 171 Å². The third-order valence-corrected chi connectivity index (χ3v) is 6.49. The van der Waals surface area contributed by atoms with Crippen LogP contribution in [-0.4, -0.2) is 60.9 Å². The Balaban J connectivity index is 1.29. The molecule has 0 radical (unpaired) electrons. The third kappa shape index (κ3) is 4.10. The molecule has 0 bridgehead atoms. The van der Waals surface area contributed by atoms with Crippen LogP contribution in [0.1, 0.15) is 0 Å². The fraction of sp³-hybridized carbons (Fsp3) is 0.316. The zero-order valence-electron chi connectivity index (χ0n) is 15.4. The number of nitrogens with zero attached hydrogens (tertiary/aromatic N) is 4. The van der Waals surface area contributed by atoms with Crippen molar-refractivity contribution in [2.45, 2.75) is 0 Å². The molecular formula is C19H20N4O3S2. The molecule has 2 aromatic heterocycles. The van der Waals surface area contributed by atoms with E-state index >= 15 is 0 Å². The van der Waals surface area contributed by atoms with Gasteiger partial charge >= 0.3 is 0 Å². The second kappa shape index (κ2) is 8.57. The Kier molecular flexibility index (Phi) is 5.73. The van der Waals surface area contributed by atoms with Crippen LogP contribution in [0.25, 0.3) is 9.88 Å². The SMILES string of the molecule is COc1ccccc1OCC(=O)N1CCN(c2nnc(-c3cccs3)s2)CC1. The normalized spacial score (nSPS) is 14.2. The number of hydrogen-bond donors (Lipinski definition) is 0. The third-order valence-electron chi connectivity index (χ3n) is 4.47. The van der Waals surface area contributed by atoms with E-state index in [2.05, 4.69) is 15.1 Å². The standard InChI is InChI=1S/C19H20N4O3S2/c1-25-14-5-2-3-6-15(14)26-13-17(24)22-8-10-23(11-9-22)19-21-20-18(28-19)16-7-4-12-27-16/h2-7,12H,8-11,13H2,1H3. The summed E-state index contributed by atoms with van der Waals surface area (Å²) < 4.78 is 10.9. The zero-order valence-corrected chi connectivity index (χ0v) is 17.0. The van der Waals surface area contributed by atoms with E-state index < -0.39 is 0 Å². The lowest BCUT2D eigenvalue weighted by Gasteiger charge is -2.34. The van der Waals surface area contributed by atoms with Gasteiger partial charge in [0.1, 0.15) is 0 Å². The van der Waals surface area contributed by atoms with Gasteiger partial charge in [-0.25, -0.2) is 0 Å². The van der Waals surface area contributed by atoms with Crippen molar-refractivity contribution in [1.29, 1.82) is 0 Å². The summed E-state index contributed by atoms with van der Waals surface area (Å²) in [6.07, 6.45) is 0. The molecule has 146 valence electrons. The fourth-order valence-electron chi connectivity index (χ4n) is 2.96. The number of thiophene rings is 1. The highest BCUT2D eigenvalue weighted by molar-refractivity contribution is 7.22. The van der Waals surface area contributed by atoms with Gasteiger partial charge in [-0.2, -0.15) is 0 Å². The fourth-order valence-corrected chi connectivity index (χ4v) is 4.65. The van der Waals surface area contributed by atoms with Gasteiger partial charge in [0.05, 0.1) is 12.0 Å². The number of anilines is 1. The Morgan fingerprint density at radius 3 is 2.57 bits per heavy atom. The van der Waals surface area contributed by atoms with E-state index in [1.54, 1.807) is 35.8 Å². The van der Waals surface area contributed by atoms with Crippen molar-refractivity contribution in [3.8, 4) is 21.4 Å². The molecule has 28 heavy (non-hydrogen) atoms. The van der Waals surface area contributed by atoms with Crippen molar-refractivity contribution < 1.29 is 14.3 Å².